The van der Waals surface area contributed by atoms with E-state index in [0.717, 1.165) is 11.1 Å². The molecular weight excluding hydrogens is 560 g/mol. The number of nitriles is 1. The molecule has 0 aliphatic rings. The highest BCUT2D eigenvalue weighted by atomic mass is 79.9. The number of nitrogens with zero attached hydrogens (tertiary/aromatic N) is 2. The van der Waals surface area contributed by atoms with Gasteiger partial charge in [-0.15, -0.1) is 0 Å². The molecule has 3 aromatic carbocycles. The van der Waals surface area contributed by atoms with Crippen LogP contribution >= 0.6 is 27.5 Å². The van der Waals surface area contributed by atoms with Crippen LogP contribution in [0.25, 0.3) is 0 Å². The molecule has 0 saturated heterocycles. The molecule has 10 heteroatoms. The van der Waals surface area contributed by atoms with E-state index < -0.39 is 5.91 Å². The van der Waals surface area contributed by atoms with Gasteiger partial charge in [0.1, 0.15) is 6.61 Å². The summed E-state index contributed by atoms with van der Waals surface area (Å²) >= 11 is 9.54. The molecular formula is C27H24BrClN4O4. The van der Waals surface area contributed by atoms with Crippen LogP contribution in [0.5, 0.6) is 11.5 Å². The van der Waals surface area contributed by atoms with Crippen LogP contribution in [0.1, 0.15) is 35.1 Å². The molecule has 190 valence electrons. The molecule has 0 heterocycles. The zero-order valence-electron chi connectivity index (χ0n) is 20.2. The van der Waals surface area contributed by atoms with Gasteiger partial charge in [0.15, 0.2) is 11.5 Å². The van der Waals surface area contributed by atoms with Gasteiger partial charge in [-0.05, 0) is 64.3 Å². The fourth-order valence-corrected chi connectivity index (χ4v) is 3.97. The number of rotatable bonds is 10. The second-order valence-corrected chi connectivity index (χ2v) is 9.16. The van der Waals surface area contributed by atoms with Crippen molar-refractivity contribution in [3.05, 3.63) is 86.3 Å². The van der Waals surface area contributed by atoms with Crippen LogP contribution in [0, 0.1) is 18.3 Å². The van der Waals surface area contributed by atoms with Crippen molar-refractivity contribution in [3.8, 4) is 17.6 Å². The van der Waals surface area contributed by atoms with Crippen molar-refractivity contribution in [2.75, 3.05) is 12.4 Å². The van der Waals surface area contributed by atoms with Gasteiger partial charge in [-0.25, -0.2) is 5.43 Å². The normalized spacial score (nSPS) is 10.6. The summed E-state index contributed by atoms with van der Waals surface area (Å²) in [6, 6.07) is 18.0. The maximum Gasteiger partial charge on any atom is 0.240 e. The number of hydrazone groups is 1. The Bertz CT molecular complexity index is 1370. The zero-order valence-corrected chi connectivity index (χ0v) is 22.5. The largest absolute Gasteiger partial charge is 0.493 e. The van der Waals surface area contributed by atoms with Crippen molar-refractivity contribution < 1.29 is 19.1 Å². The summed E-state index contributed by atoms with van der Waals surface area (Å²) in [6.07, 6.45) is 1.41. The summed E-state index contributed by atoms with van der Waals surface area (Å²) in [5.41, 5.74) is 5.82. The number of carbonyl (C=O) groups excluding carboxylic acids is 2. The SMILES string of the molecule is COc1cc(C=NNC(=O)CCC(=O)Nc2ccc(C)c(Cl)c2)cc(Br)c1OCc1ccccc1C#N. The van der Waals surface area contributed by atoms with Crippen LogP contribution in [0.3, 0.4) is 0 Å². The molecule has 3 aromatic rings. The van der Waals surface area contributed by atoms with Gasteiger partial charge in [0.05, 0.1) is 29.4 Å². The lowest BCUT2D eigenvalue weighted by molar-refractivity contribution is -0.124. The molecule has 3 rings (SSSR count). The van der Waals surface area contributed by atoms with E-state index in [9.17, 15) is 14.9 Å². The van der Waals surface area contributed by atoms with Crippen LogP contribution < -0.4 is 20.2 Å². The molecule has 0 saturated carbocycles. The third-order valence-corrected chi connectivity index (χ3v) is 6.20. The Hall–Kier alpha value is -3.87. The first kappa shape index (κ1) is 27.7. The number of hydrogen-bond acceptors (Lipinski definition) is 6. The number of aryl methyl sites for hydroxylation is 1. The van der Waals surface area contributed by atoms with Crippen molar-refractivity contribution in [2.24, 2.45) is 5.10 Å². The van der Waals surface area contributed by atoms with E-state index in [-0.39, 0.29) is 25.4 Å². The molecule has 0 aliphatic carbocycles. The summed E-state index contributed by atoms with van der Waals surface area (Å²) < 4.78 is 12.0. The standard InChI is InChI=1S/C27H24BrClN4O4/c1-17-7-8-21(13-23(17)29)32-25(34)9-10-26(35)33-31-15-18-11-22(28)27(24(12-18)36-2)37-16-20-6-4-3-5-19(20)14-30/h3-8,11-13,15H,9-10,16H2,1-2H3,(H,32,34)(H,33,35). The third kappa shape index (κ3) is 8.07. The van der Waals surface area contributed by atoms with Gasteiger partial charge in [0.2, 0.25) is 11.8 Å². The number of nitrogens with one attached hydrogen (secondary N) is 2. The molecule has 2 N–H and O–H groups in total. The molecule has 0 atom stereocenters. The Morgan fingerprint density at radius 1 is 1.14 bits per heavy atom. The summed E-state index contributed by atoms with van der Waals surface area (Å²) in [5, 5.41) is 16.5. The smallest absolute Gasteiger partial charge is 0.240 e. The van der Waals surface area contributed by atoms with Crippen molar-refractivity contribution in [1.82, 2.24) is 5.43 Å². The molecule has 0 spiro atoms. The Balaban J connectivity index is 1.53. The second-order valence-electron chi connectivity index (χ2n) is 7.90. The van der Waals surface area contributed by atoms with Crippen molar-refractivity contribution >= 4 is 51.2 Å². The van der Waals surface area contributed by atoms with Gasteiger partial charge in [-0.2, -0.15) is 10.4 Å². The Morgan fingerprint density at radius 2 is 1.89 bits per heavy atom. The molecule has 0 unspecified atom stereocenters. The quantitative estimate of drug-likeness (QED) is 0.233. The molecule has 37 heavy (non-hydrogen) atoms. The van der Waals surface area contributed by atoms with E-state index >= 15 is 0 Å². The van der Waals surface area contributed by atoms with Crippen LogP contribution in [-0.2, 0) is 16.2 Å². The maximum absolute atomic E-state index is 12.1. The third-order valence-electron chi connectivity index (χ3n) is 5.20. The fourth-order valence-electron chi connectivity index (χ4n) is 3.22. The van der Waals surface area contributed by atoms with E-state index in [0.29, 0.717) is 37.8 Å². The minimum Gasteiger partial charge on any atom is -0.493 e. The minimum atomic E-state index is -0.407. The van der Waals surface area contributed by atoms with Gasteiger partial charge in [0.25, 0.3) is 0 Å². The van der Waals surface area contributed by atoms with E-state index in [1.165, 1.54) is 13.3 Å². The lowest BCUT2D eigenvalue weighted by Crippen LogP contribution is -2.20. The van der Waals surface area contributed by atoms with E-state index in [1.54, 1.807) is 42.5 Å². The number of hydrogen-bond donors (Lipinski definition) is 2. The number of methoxy groups -OCH3 is 1. The van der Waals surface area contributed by atoms with Crippen molar-refractivity contribution in [2.45, 2.75) is 26.4 Å². The highest BCUT2D eigenvalue weighted by Crippen LogP contribution is 2.37. The molecule has 0 radical (unpaired) electrons. The van der Waals surface area contributed by atoms with E-state index in [4.69, 9.17) is 21.1 Å². The fraction of sp³-hybridized carbons (Fsp3) is 0.185. The predicted molar refractivity (Wildman–Crippen MR) is 146 cm³/mol. The number of ether oxygens (including phenoxy) is 2. The number of anilines is 1. The van der Waals surface area contributed by atoms with Gasteiger partial charge < -0.3 is 14.8 Å². The molecule has 0 fully saturated rings. The Morgan fingerprint density at radius 3 is 2.62 bits per heavy atom. The van der Waals surface area contributed by atoms with Gasteiger partial charge in [-0.1, -0.05) is 35.9 Å². The maximum atomic E-state index is 12.1. The van der Waals surface area contributed by atoms with Crippen LogP contribution in [-0.4, -0.2) is 25.1 Å². The van der Waals surface area contributed by atoms with Crippen LogP contribution in [0.15, 0.2) is 64.2 Å². The summed E-state index contributed by atoms with van der Waals surface area (Å²) in [7, 11) is 1.51. The lowest BCUT2D eigenvalue weighted by Gasteiger charge is -2.14. The minimum absolute atomic E-state index is 0.00676. The highest BCUT2D eigenvalue weighted by Gasteiger charge is 2.13. The number of carbonyl (C=O) groups is 2. The molecule has 8 nitrogen and oxygen atoms in total. The van der Waals surface area contributed by atoms with E-state index in [2.05, 4.69) is 37.8 Å². The number of halogens is 2. The second kappa shape index (κ2) is 13.4. The molecule has 0 aliphatic heterocycles. The van der Waals surface area contributed by atoms with Gasteiger partial charge in [0, 0.05) is 29.1 Å². The highest BCUT2D eigenvalue weighted by molar-refractivity contribution is 9.10. The van der Waals surface area contributed by atoms with Gasteiger partial charge in [-0.3, -0.25) is 9.59 Å². The first-order chi connectivity index (χ1) is 17.8. The summed E-state index contributed by atoms with van der Waals surface area (Å²) in [5.74, 6) is 0.206. The monoisotopic (exact) mass is 582 g/mol. The zero-order chi connectivity index (χ0) is 26.8. The van der Waals surface area contributed by atoms with Crippen molar-refractivity contribution in [3.63, 3.8) is 0 Å². The lowest BCUT2D eigenvalue weighted by atomic mass is 10.1. The van der Waals surface area contributed by atoms with Gasteiger partial charge >= 0.3 is 0 Å². The molecule has 2 amide bonds. The summed E-state index contributed by atoms with van der Waals surface area (Å²) in [6.45, 7) is 2.06. The predicted octanol–water partition coefficient (Wildman–Crippen LogP) is 5.74. The molecule has 0 bridgehead atoms. The average molecular weight is 584 g/mol. The van der Waals surface area contributed by atoms with E-state index in [1.807, 2.05) is 19.1 Å². The topological polar surface area (TPSA) is 113 Å². The number of benzene rings is 3. The molecule has 0 aromatic heterocycles. The average Bonchev–Trinajstić information content (AvgIpc) is 2.89. The summed E-state index contributed by atoms with van der Waals surface area (Å²) in [4.78, 5) is 24.2. The first-order valence-corrected chi connectivity index (χ1v) is 12.3. The number of amides is 2. The van der Waals surface area contributed by atoms with Crippen molar-refractivity contribution in [1.29, 1.82) is 5.26 Å². The Kier molecular flexibility index (Phi) is 10.1. The van der Waals surface area contributed by atoms with Crippen LogP contribution in [0.4, 0.5) is 5.69 Å². The first-order valence-electron chi connectivity index (χ1n) is 11.2. The van der Waals surface area contributed by atoms with Crippen LogP contribution in [0.2, 0.25) is 5.02 Å². The Labute approximate surface area is 228 Å².